The van der Waals surface area contributed by atoms with E-state index in [4.69, 9.17) is 11.6 Å². The molecular formula is C11H12ClF3N2O2. The summed E-state index contributed by atoms with van der Waals surface area (Å²) in [6, 6.07) is -2.10. The quantitative estimate of drug-likeness (QED) is 0.687. The summed E-state index contributed by atoms with van der Waals surface area (Å²) >= 11 is 5.77. The summed E-state index contributed by atoms with van der Waals surface area (Å²) in [6.45, 7) is 2.30. The van der Waals surface area contributed by atoms with Crippen LogP contribution in [0.25, 0.3) is 0 Å². The lowest BCUT2D eigenvalue weighted by Gasteiger charge is -2.16. The molecule has 0 saturated carbocycles. The van der Waals surface area contributed by atoms with Crippen molar-refractivity contribution in [3.05, 3.63) is 22.5 Å². The molecule has 0 spiro atoms. The Labute approximate surface area is 112 Å². The van der Waals surface area contributed by atoms with Gasteiger partial charge in [-0.3, -0.25) is 9.59 Å². The van der Waals surface area contributed by atoms with Crippen molar-refractivity contribution in [2.45, 2.75) is 26.1 Å². The first-order valence-electron chi connectivity index (χ1n) is 5.29. The molecule has 0 fully saturated rings. The lowest BCUT2D eigenvalue weighted by Crippen LogP contribution is -2.45. The number of nitrogens with zero attached hydrogens (tertiary/aromatic N) is 1. The van der Waals surface area contributed by atoms with Crippen molar-refractivity contribution in [1.82, 2.24) is 9.88 Å². The van der Waals surface area contributed by atoms with Gasteiger partial charge in [-0.05, 0) is 13.8 Å². The first-order valence-corrected chi connectivity index (χ1v) is 5.66. The molecule has 0 bridgehead atoms. The van der Waals surface area contributed by atoms with Gasteiger partial charge in [0.2, 0.25) is 0 Å². The van der Waals surface area contributed by atoms with Crippen LogP contribution in [0.2, 0.25) is 5.02 Å². The topological polar surface area (TPSA) is 51.1 Å². The first-order chi connectivity index (χ1) is 8.55. The van der Waals surface area contributed by atoms with Crippen LogP contribution in [0.15, 0.2) is 6.20 Å². The number of amides is 1. The molecule has 0 aromatic carbocycles. The number of aryl methyl sites for hydroxylation is 1. The van der Waals surface area contributed by atoms with Gasteiger partial charge in [0, 0.05) is 18.9 Å². The van der Waals surface area contributed by atoms with Crippen molar-refractivity contribution in [3.8, 4) is 0 Å². The maximum Gasteiger partial charge on any atom is 0.408 e. The Hall–Kier alpha value is -1.50. The number of hydrogen-bond acceptors (Lipinski definition) is 2. The van der Waals surface area contributed by atoms with E-state index in [0.29, 0.717) is 5.69 Å². The summed E-state index contributed by atoms with van der Waals surface area (Å²) < 4.78 is 38.4. The molecule has 0 aliphatic heterocycles. The van der Waals surface area contributed by atoms with Gasteiger partial charge >= 0.3 is 6.18 Å². The van der Waals surface area contributed by atoms with Crippen LogP contribution in [0.3, 0.4) is 0 Å². The third-order valence-corrected chi connectivity index (χ3v) is 3.00. The van der Waals surface area contributed by atoms with Crippen LogP contribution in [0, 0.1) is 6.92 Å². The number of hydrogen-bond donors (Lipinski definition) is 1. The largest absolute Gasteiger partial charge is 0.408 e. The second-order valence-electron chi connectivity index (χ2n) is 4.11. The van der Waals surface area contributed by atoms with Gasteiger partial charge in [0.1, 0.15) is 6.04 Å². The summed E-state index contributed by atoms with van der Waals surface area (Å²) in [5, 5.41) is 1.63. The third-order valence-electron chi connectivity index (χ3n) is 2.71. The molecule has 1 aromatic heterocycles. The number of Topliss-reactive ketones (excluding diaryl/α,β-unsaturated/α-hetero) is 1. The van der Waals surface area contributed by atoms with Crippen LogP contribution in [0.1, 0.15) is 23.0 Å². The van der Waals surface area contributed by atoms with E-state index in [0.717, 1.165) is 6.92 Å². The highest BCUT2D eigenvalue weighted by Crippen LogP contribution is 2.23. The van der Waals surface area contributed by atoms with Crippen LogP contribution >= 0.6 is 11.6 Å². The number of ketones is 1. The second-order valence-corrected chi connectivity index (χ2v) is 4.52. The van der Waals surface area contributed by atoms with Crippen molar-refractivity contribution in [2.24, 2.45) is 7.05 Å². The molecule has 0 aliphatic carbocycles. The molecule has 1 heterocycles. The smallest absolute Gasteiger partial charge is 0.352 e. The molecule has 1 N–H and O–H groups in total. The maximum atomic E-state index is 12.3. The van der Waals surface area contributed by atoms with Crippen LogP contribution < -0.4 is 5.32 Å². The lowest BCUT2D eigenvalue weighted by atomic mass is 10.1. The Kier molecular flexibility index (Phi) is 4.29. The molecule has 0 saturated heterocycles. The van der Waals surface area contributed by atoms with E-state index in [2.05, 4.69) is 0 Å². The minimum atomic E-state index is -4.61. The zero-order valence-corrected chi connectivity index (χ0v) is 11.2. The fourth-order valence-corrected chi connectivity index (χ4v) is 1.78. The fourth-order valence-electron chi connectivity index (χ4n) is 1.41. The zero-order valence-electron chi connectivity index (χ0n) is 10.4. The van der Waals surface area contributed by atoms with Crippen LogP contribution in [-0.4, -0.2) is 28.5 Å². The van der Waals surface area contributed by atoms with Crippen molar-refractivity contribution in [2.75, 3.05) is 0 Å². The van der Waals surface area contributed by atoms with Gasteiger partial charge in [0.15, 0.2) is 0 Å². The normalized spacial score (nSPS) is 13.2. The average Bonchev–Trinajstić information content (AvgIpc) is 2.50. The number of carbonyl (C=O) groups is 2. The van der Waals surface area contributed by atoms with E-state index in [-0.39, 0.29) is 10.6 Å². The summed E-state index contributed by atoms with van der Waals surface area (Å²) in [5.41, 5.74) is 0.320. The molecule has 4 nitrogen and oxygen atoms in total. The third kappa shape index (κ3) is 3.28. The number of aromatic nitrogens is 1. The Morgan fingerprint density at radius 2 is 1.95 bits per heavy atom. The van der Waals surface area contributed by atoms with Crippen molar-refractivity contribution in [1.29, 1.82) is 0 Å². The zero-order chi connectivity index (χ0) is 15.0. The molecule has 106 valence electrons. The van der Waals surface area contributed by atoms with E-state index in [1.165, 1.54) is 10.8 Å². The Morgan fingerprint density at radius 3 is 2.32 bits per heavy atom. The second kappa shape index (κ2) is 5.24. The molecule has 8 heteroatoms. The van der Waals surface area contributed by atoms with Gasteiger partial charge in [-0.15, -0.1) is 0 Å². The molecule has 0 unspecified atom stereocenters. The summed E-state index contributed by atoms with van der Waals surface area (Å²) in [6.07, 6.45) is -3.20. The van der Waals surface area contributed by atoms with Crippen molar-refractivity contribution in [3.63, 3.8) is 0 Å². The summed E-state index contributed by atoms with van der Waals surface area (Å²) in [5.74, 6) is -2.42. The fraction of sp³-hybridized carbons (Fsp3) is 0.455. The standard InChI is InChI=1S/C11H12ClF3N2O2/c1-5-8(7(12)4-17(5)3)9(18)10(19)16-6(2)11(13,14)15/h4,6H,1-3H3,(H,16,19)/t6-/m1/s1. The van der Waals surface area contributed by atoms with E-state index in [9.17, 15) is 22.8 Å². The van der Waals surface area contributed by atoms with E-state index in [1.54, 1.807) is 19.3 Å². The van der Waals surface area contributed by atoms with Crippen molar-refractivity contribution >= 4 is 23.3 Å². The number of nitrogens with one attached hydrogen (secondary N) is 1. The monoisotopic (exact) mass is 296 g/mol. The van der Waals surface area contributed by atoms with Crippen molar-refractivity contribution < 1.29 is 22.8 Å². The first kappa shape index (κ1) is 15.6. The predicted molar refractivity (Wildman–Crippen MR) is 63.2 cm³/mol. The Bertz CT molecular complexity index is 523. The Morgan fingerprint density at radius 1 is 1.42 bits per heavy atom. The SMILES string of the molecule is Cc1c(C(=O)C(=O)N[C@H](C)C(F)(F)F)c(Cl)cn1C. The highest BCUT2D eigenvalue weighted by atomic mass is 35.5. The highest BCUT2D eigenvalue weighted by Gasteiger charge is 2.38. The van der Waals surface area contributed by atoms with Gasteiger partial charge in [-0.2, -0.15) is 13.2 Å². The molecular weight excluding hydrogens is 285 g/mol. The minimum Gasteiger partial charge on any atom is -0.352 e. The number of rotatable bonds is 3. The van der Waals surface area contributed by atoms with Gasteiger partial charge in [0.25, 0.3) is 11.7 Å². The van der Waals surface area contributed by atoms with Gasteiger partial charge in [-0.25, -0.2) is 0 Å². The summed E-state index contributed by atoms with van der Waals surface area (Å²) in [4.78, 5) is 23.3. The number of alkyl halides is 3. The molecule has 1 amide bonds. The number of carbonyl (C=O) groups excluding carboxylic acids is 2. The predicted octanol–water partition coefficient (Wildman–Crippen LogP) is 2.24. The highest BCUT2D eigenvalue weighted by molar-refractivity contribution is 6.47. The van der Waals surface area contributed by atoms with Crippen LogP contribution in [0.5, 0.6) is 0 Å². The van der Waals surface area contributed by atoms with Gasteiger partial charge in [0.05, 0.1) is 10.6 Å². The van der Waals surface area contributed by atoms with Crippen LogP contribution in [-0.2, 0) is 11.8 Å². The summed E-state index contributed by atoms with van der Waals surface area (Å²) in [7, 11) is 1.61. The Balaban J connectivity index is 2.93. The molecule has 1 rings (SSSR count). The van der Waals surface area contributed by atoms with Crippen LogP contribution in [0.4, 0.5) is 13.2 Å². The van der Waals surface area contributed by atoms with E-state index in [1.807, 2.05) is 0 Å². The average molecular weight is 297 g/mol. The van der Waals surface area contributed by atoms with Gasteiger partial charge < -0.3 is 9.88 Å². The van der Waals surface area contributed by atoms with Gasteiger partial charge in [-0.1, -0.05) is 11.6 Å². The minimum absolute atomic E-state index is 0.0276. The van der Waals surface area contributed by atoms with E-state index < -0.39 is 23.9 Å². The molecule has 0 radical (unpaired) electrons. The maximum absolute atomic E-state index is 12.3. The number of halogens is 4. The molecule has 0 aliphatic rings. The molecule has 19 heavy (non-hydrogen) atoms. The van der Waals surface area contributed by atoms with E-state index >= 15 is 0 Å². The molecule has 1 aromatic rings. The molecule has 1 atom stereocenters. The lowest BCUT2D eigenvalue weighted by molar-refractivity contribution is -0.156.